The van der Waals surface area contributed by atoms with Crippen LogP contribution in [0.3, 0.4) is 0 Å². The van der Waals surface area contributed by atoms with E-state index in [1.807, 2.05) is 39.4 Å². The number of carbonyl (C=O) groups excluding carboxylic acids is 1. The Hall–Kier alpha value is -1.10. The van der Waals surface area contributed by atoms with Gasteiger partial charge >= 0.3 is 5.97 Å². The number of hydrogen-bond acceptors (Lipinski definition) is 9. The summed E-state index contributed by atoms with van der Waals surface area (Å²) in [4.78, 5) is 29.6. The van der Waals surface area contributed by atoms with E-state index in [-0.39, 0.29) is 38.3 Å². The number of carbonyl (C=O) groups is 1. The van der Waals surface area contributed by atoms with Gasteiger partial charge in [-0.15, -0.1) is 0 Å². The first-order chi connectivity index (χ1) is 26.5. The Morgan fingerprint density at radius 1 is 0.673 bits per heavy atom. The quantitative estimate of drug-likeness (QED) is 0.0122. The van der Waals surface area contributed by atoms with E-state index in [1.54, 1.807) is 0 Å². The maximum Gasteiger partial charge on any atom is 0.306 e. The van der Waals surface area contributed by atoms with Crippen LogP contribution in [0.2, 0.25) is 0 Å². The Kier molecular flexibility index (Phi) is 37.7. The summed E-state index contributed by atoms with van der Waals surface area (Å²) < 4.78 is 34.5. The van der Waals surface area contributed by atoms with Gasteiger partial charge in [0.1, 0.15) is 25.4 Å². The number of nitrogens with zero attached hydrogens (tertiary/aromatic N) is 1. The van der Waals surface area contributed by atoms with Crippen molar-refractivity contribution in [3.63, 3.8) is 0 Å². The Balaban J connectivity index is 4.31. The number of likely N-dealkylation sites (N-methyl/N-ethyl adjacent to an activating group) is 1. The third-order valence-corrected chi connectivity index (χ3v) is 10.7. The first-order valence-corrected chi connectivity index (χ1v) is 23.8. The van der Waals surface area contributed by atoms with Crippen LogP contribution in [0.15, 0.2) is 24.3 Å². The van der Waals surface area contributed by atoms with E-state index in [0.29, 0.717) is 24.1 Å². The third-order valence-electron chi connectivity index (χ3n) is 9.73. The molecule has 0 saturated heterocycles. The van der Waals surface area contributed by atoms with Gasteiger partial charge in [-0.3, -0.25) is 14.6 Å². The molecule has 0 heterocycles. The van der Waals surface area contributed by atoms with Crippen LogP contribution < -0.4 is 4.89 Å². The standard InChI is InChI=1S/C44H86NO9P/c1-6-8-10-11-12-13-14-15-16-17-18-19-23-26-29-33-38-50-40-43(41-52-55(48,49)51-39-37-45(3,4)5)53-44(46)36-32-28-25-22-20-21-24-27-31-35-42(54-47)34-30-9-7-2/h24,27,31,35,42-43H,6-23,25-26,28-30,32-34,36-41H2,1-5H3,(H-,47,48,49)/b27-24-,35-31+. The average Bonchev–Trinajstić information content (AvgIpc) is 3.14. The van der Waals surface area contributed by atoms with Gasteiger partial charge < -0.3 is 27.9 Å². The summed E-state index contributed by atoms with van der Waals surface area (Å²) in [6, 6.07) is 0. The molecule has 0 saturated carbocycles. The van der Waals surface area contributed by atoms with Gasteiger partial charge in [0.25, 0.3) is 7.82 Å². The molecule has 0 rings (SSSR count). The molecule has 0 aromatic rings. The number of unbranched alkanes of at least 4 members (excludes halogenated alkanes) is 22. The molecule has 55 heavy (non-hydrogen) atoms. The van der Waals surface area contributed by atoms with Gasteiger partial charge in [0, 0.05) is 13.0 Å². The van der Waals surface area contributed by atoms with Crippen molar-refractivity contribution in [2.45, 2.75) is 199 Å². The Morgan fingerprint density at radius 2 is 1.20 bits per heavy atom. The fraction of sp³-hybridized carbons (Fsp3) is 0.886. The molecule has 1 N–H and O–H groups in total. The minimum atomic E-state index is -4.54. The van der Waals surface area contributed by atoms with Gasteiger partial charge in [0.05, 0.1) is 34.4 Å². The molecule has 0 bridgehead atoms. The molecule has 11 heteroatoms. The number of ether oxygens (including phenoxy) is 2. The van der Waals surface area contributed by atoms with Gasteiger partial charge in [-0.1, -0.05) is 173 Å². The lowest BCUT2D eigenvalue weighted by molar-refractivity contribution is -0.870. The predicted molar refractivity (Wildman–Crippen MR) is 225 cm³/mol. The van der Waals surface area contributed by atoms with Crippen molar-refractivity contribution in [2.24, 2.45) is 0 Å². The van der Waals surface area contributed by atoms with Crippen LogP contribution in [0.25, 0.3) is 0 Å². The fourth-order valence-corrected chi connectivity index (χ4v) is 6.90. The van der Waals surface area contributed by atoms with Crippen LogP contribution in [0, 0.1) is 0 Å². The number of rotatable bonds is 42. The van der Waals surface area contributed by atoms with Crippen LogP contribution in [-0.2, 0) is 32.8 Å². The molecule has 0 fully saturated rings. The largest absolute Gasteiger partial charge is 0.756 e. The SMILES string of the molecule is CCCCCCCCCCCCCCCCCCOCC(COP(=O)([O-])OCC[N+](C)(C)C)OC(=O)CCCCCCC/C=C\C=C\C(CCCCC)OO. The lowest BCUT2D eigenvalue weighted by Gasteiger charge is -2.28. The molecule has 0 spiro atoms. The molecule has 326 valence electrons. The molecule has 0 aromatic carbocycles. The van der Waals surface area contributed by atoms with E-state index in [0.717, 1.165) is 70.6 Å². The number of esters is 1. The minimum Gasteiger partial charge on any atom is -0.756 e. The predicted octanol–water partition coefficient (Wildman–Crippen LogP) is 11.7. The zero-order valence-electron chi connectivity index (χ0n) is 36.2. The van der Waals surface area contributed by atoms with E-state index in [2.05, 4.69) is 24.8 Å². The third kappa shape index (κ3) is 40.9. The minimum absolute atomic E-state index is 0.0114. The van der Waals surface area contributed by atoms with Gasteiger partial charge in [-0.2, -0.15) is 0 Å². The Morgan fingerprint density at radius 3 is 1.76 bits per heavy atom. The van der Waals surface area contributed by atoms with E-state index >= 15 is 0 Å². The van der Waals surface area contributed by atoms with E-state index in [1.165, 1.54) is 89.9 Å². The van der Waals surface area contributed by atoms with Crippen molar-refractivity contribution < 1.29 is 47.4 Å². The normalized spacial score (nSPS) is 14.5. The van der Waals surface area contributed by atoms with Gasteiger partial charge in [0.2, 0.25) is 0 Å². The van der Waals surface area contributed by atoms with Crippen molar-refractivity contribution in [3.8, 4) is 0 Å². The Labute approximate surface area is 338 Å². The van der Waals surface area contributed by atoms with Crippen molar-refractivity contribution in [1.82, 2.24) is 0 Å². The lowest BCUT2D eigenvalue weighted by Crippen LogP contribution is -2.37. The topological polar surface area (TPSA) is 124 Å². The highest BCUT2D eigenvalue weighted by Gasteiger charge is 2.20. The smallest absolute Gasteiger partial charge is 0.306 e. The van der Waals surface area contributed by atoms with E-state index in [4.69, 9.17) is 23.8 Å². The van der Waals surface area contributed by atoms with Crippen LogP contribution in [0.1, 0.15) is 187 Å². The van der Waals surface area contributed by atoms with Crippen molar-refractivity contribution in [2.75, 3.05) is 54.1 Å². The number of quaternary nitrogens is 1. The second kappa shape index (κ2) is 38.4. The summed E-state index contributed by atoms with van der Waals surface area (Å²) in [5.74, 6) is -0.374. The summed E-state index contributed by atoms with van der Waals surface area (Å²) >= 11 is 0. The van der Waals surface area contributed by atoms with Crippen LogP contribution in [-0.4, -0.2) is 82.0 Å². The monoisotopic (exact) mass is 804 g/mol. The molecular formula is C44H86NO9P. The maximum atomic E-state index is 12.7. The molecule has 3 unspecified atom stereocenters. The second-order valence-electron chi connectivity index (χ2n) is 16.3. The lowest BCUT2D eigenvalue weighted by atomic mass is 10.0. The van der Waals surface area contributed by atoms with Crippen LogP contribution in [0.5, 0.6) is 0 Å². The van der Waals surface area contributed by atoms with Gasteiger partial charge in [-0.25, -0.2) is 4.89 Å². The first-order valence-electron chi connectivity index (χ1n) is 22.3. The van der Waals surface area contributed by atoms with Crippen molar-refractivity contribution >= 4 is 13.8 Å². The molecule has 0 amide bonds. The van der Waals surface area contributed by atoms with Crippen LogP contribution in [0.4, 0.5) is 0 Å². The highest BCUT2D eigenvalue weighted by molar-refractivity contribution is 7.45. The Bertz CT molecular complexity index is 956. The molecule has 0 aliphatic rings. The summed E-state index contributed by atoms with van der Waals surface area (Å²) in [6.07, 6.45) is 37.8. The summed E-state index contributed by atoms with van der Waals surface area (Å²) in [7, 11) is 1.31. The summed E-state index contributed by atoms with van der Waals surface area (Å²) in [5, 5.41) is 9.03. The number of allylic oxidation sites excluding steroid dienone is 3. The highest BCUT2D eigenvalue weighted by atomic mass is 31.2. The first kappa shape index (κ1) is 53.9. The van der Waals surface area contributed by atoms with Crippen molar-refractivity contribution in [1.29, 1.82) is 0 Å². The summed E-state index contributed by atoms with van der Waals surface area (Å²) in [6.45, 7) is 5.22. The molecule has 0 aromatic heterocycles. The van der Waals surface area contributed by atoms with Gasteiger partial charge in [-0.05, 0) is 32.1 Å². The molecule has 0 aliphatic heterocycles. The number of phosphoric ester groups is 1. The van der Waals surface area contributed by atoms with Crippen LogP contribution >= 0.6 is 7.82 Å². The molecule has 0 aliphatic carbocycles. The zero-order chi connectivity index (χ0) is 40.7. The molecule has 0 radical (unpaired) electrons. The highest BCUT2D eigenvalue weighted by Crippen LogP contribution is 2.38. The number of phosphoric acid groups is 1. The molecule has 3 atom stereocenters. The maximum absolute atomic E-state index is 12.7. The average molecular weight is 804 g/mol. The van der Waals surface area contributed by atoms with E-state index in [9.17, 15) is 14.3 Å². The molecular weight excluding hydrogens is 717 g/mol. The second-order valence-corrected chi connectivity index (χ2v) is 17.8. The number of hydrogen-bond donors (Lipinski definition) is 1. The zero-order valence-corrected chi connectivity index (χ0v) is 37.1. The fourth-order valence-electron chi connectivity index (χ4n) is 6.17. The van der Waals surface area contributed by atoms with Crippen molar-refractivity contribution in [3.05, 3.63) is 24.3 Å². The molecule has 10 nitrogen and oxygen atoms in total. The van der Waals surface area contributed by atoms with Gasteiger partial charge in [0.15, 0.2) is 0 Å². The van der Waals surface area contributed by atoms with E-state index < -0.39 is 13.9 Å². The summed E-state index contributed by atoms with van der Waals surface area (Å²) in [5.41, 5.74) is 0.